The lowest BCUT2D eigenvalue weighted by atomic mass is 10.2. The normalized spacial score (nSPS) is 11.0. The second kappa shape index (κ2) is 11.0. The summed E-state index contributed by atoms with van der Waals surface area (Å²) in [5.74, 6) is -0.652. The van der Waals surface area contributed by atoms with Crippen LogP contribution in [0.5, 0.6) is 0 Å². The number of benzene rings is 2. The van der Waals surface area contributed by atoms with E-state index in [1.54, 1.807) is 24.3 Å². The van der Waals surface area contributed by atoms with Crippen molar-refractivity contribution in [2.75, 3.05) is 24.4 Å². The number of rotatable bonds is 10. The number of hydrogen-bond acceptors (Lipinski definition) is 4. The highest BCUT2D eigenvalue weighted by atomic mass is 35.5. The summed E-state index contributed by atoms with van der Waals surface area (Å²) in [5, 5.41) is 3.01. The van der Waals surface area contributed by atoms with Crippen LogP contribution in [0, 0.1) is 0 Å². The van der Waals surface area contributed by atoms with Crippen LogP contribution in [-0.2, 0) is 14.8 Å². The Hall–Kier alpha value is -2.58. The Morgan fingerprint density at radius 3 is 2.43 bits per heavy atom. The van der Waals surface area contributed by atoms with Gasteiger partial charge in [0.1, 0.15) is 0 Å². The maximum atomic E-state index is 12.9. The summed E-state index contributed by atoms with van der Waals surface area (Å²) >= 11 is 6.03. The molecule has 2 N–H and O–H groups in total. The Morgan fingerprint density at radius 2 is 1.77 bits per heavy atom. The van der Waals surface area contributed by atoms with Gasteiger partial charge in [-0.3, -0.25) is 14.3 Å². The fourth-order valence-electron chi connectivity index (χ4n) is 2.74. The molecule has 0 aromatic heterocycles. The van der Waals surface area contributed by atoms with E-state index in [-0.39, 0.29) is 33.6 Å². The van der Waals surface area contributed by atoms with Gasteiger partial charge in [0.25, 0.3) is 15.9 Å². The minimum atomic E-state index is -3.95. The maximum absolute atomic E-state index is 12.9. The van der Waals surface area contributed by atoms with Crippen LogP contribution < -0.4 is 10.0 Å². The van der Waals surface area contributed by atoms with Crippen molar-refractivity contribution in [3.05, 3.63) is 59.1 Å². The molecule has 0 unspecified atom stereocenters. The molecule has 9 heteroatoms. The lowest BCUT2D eigenvalue weighted by Gasteiger charge is -2.22. The smallest absolute Gasteiger partial charge is 0.261 e. The Morgan fingerprint density at radius 1 is 1.03 bits per heavy atom. The van der Waals surface area contributed by atoms with Gasteiger partial charge in [0.2, 0.25) is 5.91 Å². The molecule has 0 aliphatic carbocycles. The molecule has 0 aliphatic heterocycles. The van der Waals surface area contributed by atoms with Gasteiger partial charge in [0.05, 0.1) is 22.2 Å². The van der Waals surface area contributed by atoms with Crippen molar-refractivity contribution in [2.45, 2.75) is 31.6 Å². The average Bonchev–Trinajstić information content (AvgIpc) is 2.73. The topological polar surface area (TPSA) is 95.6 Å². The van der Waals surface area contributed by atoms with E-state index >= 15 is 0 Å². The molecular formula is C21H26ClN3O4S. The van der Waals surface area contributed by atoms with Crippen LogP contribution in [0.25, 0.3) is 0 Å². The Labute approximate surface area is 182 Å². The number of para-hydroxylation sites is 1. The lowest BCUT2D eigenvalue weighted by molar-refractivity contribution is -0.121. The van der Waals surface area contributed by atoms with Crippen LogP contribution in [0.1, 0.15) is 37.0 Å². The third-order valence-electron chi connectivity index (χ3n) is 4.20. The molecule has 30 heavy (non-hydrogen) atoms. The minimum Gasteiger partial charge on any atom is -0.355 e. The van der Waals surface area contributed by atoms with E-state index in [9.17, 15) is 18.0 Å². The van der Waals surface area contributed by atoms with Crippen LogP contribution in [0.2, 0.25) is 5.02 Å². The third kappa shape index (κ3) is 6.47. The summed E-state index contributed by atoms with van der Waals surface area (Å²) in [6.07, 6.45) is 1.46. The zero-order chi connectivity index (χ0) is 22.1. The molecule has 2 amide bonds. The molecule has 0 fully saturated rings. The number of anilines is 1. The second-order valence-electron chi connectivity index (χ2n) is 6.69. The molecule has 0 saturated heterocycles. The molecule has 0 bridgehead atoms. The van der Waals surface area contributed by atoms with Gasteiger partial charge in [-0.15, -0.1) is 0 Å². The molecule has 0 aliphatic rings. The number of sulfonamides is 1. The first-order chi connectivity index (χ1) is 14.3. The lowest BCUT2D eigenvalue weighted by Crippen LogP contribution is -2.41. The number of hydrogen-bond donors (Lipinski definition) is 2. The molecule has 7 nitrogen and oxygen atoms in total. The summed E-state index contributed by atoms with van der Waals surface area (Å²) in [4.78, 5) is 26.4. The Balaban J connectivity index is 2.24. The average molecular weight is 452 g/mol. The molecule has 2 rings (SSSR count). The van der Waals surface area contributed by atoms with Crippen molar-refractivity contribution in [2.24, 2.45) is 0 Å². The Kier molecular flexibility index (Phi) is 8.68. The van der Waals surface area contributed by atoms with Gasteiger partial charge in [-0.1, -0.05) is 43.6 Å². The molecule has 0 spiro atoms. The predicted octanol–water partition coefficient (Wildman–Crippen LogP) is 3.52. The monoisotopic (exact) mass is 451 g/mol. The standard InChI is InChI=1S/C21H26ClN3O4S/c1-3-12-23-20(26)15-25(13-4-2)21(27)16-8-7-9-17(14-16)30(28,29)24-19-11-6-5-10-18(19)22/h5-11,14,24H,3-4,12-13,15H2,1-2H3,(H,23,26). The van der Waals surface area contributed by atoms with Crippen molar-refractivity contribution in [1.29, 1.82) is 0 Å². The minimum absolute atomic E-state index is 0.0693. The SMILES string of the molecule is CCCNC(=O)CN(CCC)C(=O)c1cccc(S(=O)(=O)Nc2ccccc2Cl)c1. The zero-order valence-corrected chi connectivity index (χ0v) is 18.6. The quantitative estimate of drug-likeness (QED) is 0.577. The van der Waals surface area contributed by atoms with Crippen molar-refractivity contribution < 1.29 is 18.0 Å². The summed E-state index contributed by atoms with van der Waals surface area (Å²) < 4.78 is 28.0. The van der Waals surface area contributed by atoms with E-state index < -0.39 is 15.9 Å². The van der Waals surface area contributed by atoms with E-state index in [2.05, 4.69) is 10.0 Å². The van der Waals surface area contributed by atoms with Crippen molar-refractivity contribution in [3.8, 4) is 0 Å². The first-order valence-electron chi connectivity index (χ1n) is 9.71. The molecular weight excluding hydrogens is 426 g/mol. The van der Waals surface area contributed by atoms with Gasteiger partial charge in [0.15, 0.2) is 0 Å². The number of nitrogens with zero attached hydrogens (tertiary/aromatic N) is 1. The van der Waals surface area contributed by atoms with E-state index in [4.69, 9.17) is 11.6 Å². The van der Waals surface area contributed by atoms with E-state index in [1.165, 1.54) is 29.2 Å². The summed E-state index contributed by atoms with van der Waals surface area (Å²) in [6.45, 7) is 4.68. The van der Waals surface area contributed by atoms with Gasteiger partial charge < -0.3 is 10.2 Å². The van der Waals surface area contributed by atoms with Crippen molar-refractivity contribution in [3.63, 3.8) is 0 Å². The molecule has 0 radical (unpaired) electrons. The molecule has 0 saturated carbocycles. The van der Waals surface area contributed by atoms with Crippen LogP contribution in [0.3, 0.4) is 0 Å². The zero-order valence-electron chi connectivity index (χ0n) is 17.0. The summed E-state index contributed by atoms with van der Waals surface area (Å²) in [6, 6.07) is 12.2. The maximum Gasteiger partial charge on any atom is 0.261 e. The molecule has 162 valence electrons. The first-order valence-corrected chi connectivity index (χ1v) is 11.6. The predicted molar refractivity (Wildman–Crippen MR) is 118 cm³/mol. The molecule has 2 aromatic rings. The molecule has 0 heterocycles. The van der Waals surface area contributed by atoms with Gasteiger partial charge in [-0.25, -0.2) is 8.42 Å². The van der Waals surface area contributed by atoms with Crippen LogP contribution >= 0.6 is 11.6 Å². The largest absolute Gasteiger partial charge is 0.355 e. The van der Waals surface area contributed by atoms with Gasteiger partial charge in [0, 0.05) is 18.7 Å². The van der Waals surface area contributed by atoms with Gasteiger partial charge in [-0.2, -0.15) is 0 Å². The molecule has 0 atom stereocenters. The highest BCUT2D eigenvalue weighted by Crippen LogP contribution is 2.24. The Bertz CT molecular complexity index is 995. The van der Waals surface area contributed by atoms with E-state index in [1.807, 2.05) is 13.8 Å². The fraction of sp³-hybridized carbons (Fsp3) is 0.333. The van der Waals surface area contributed by atoms with E-state index in [0.29, 0.717) is 19.5 Å². The number of nitrogens with one attached hydrogen (secondary N) is 2. The van der Waals surface area contributed by atoms with E-state index in [0.717, 1.165) is 6.42 Å². The van der Waals surface area contributed by atoms with Crippen molar-refractivity contribution >= 4 is 39.1 Å². The van der Waals surface area contributed by atoms with Crippen LogP contribution in [-0.4, -0.2) is 44.8 Å². The van der Waals surface area contributed by atoms with Gasteiger partial charge in [-0.05, 0) is 43.2 Å². The molecule has 2 aromatic carbocycles. The number of amides is 2. The number of carbonyl (C=O) groups excluding carboxylic acids is 2. The van der Waals surface area contributed by atoms with Crippen LogP contribution in [0.15, 0.2) is 53.4 Å². The van der Waals surface area contributed by atoms with Crippen molar-refractivity contribution in [1.82, 2.24) is 10.2 Å². The van der Waals surface area contributed by atoms with Crippen LogP contribution in [0.4, 0.5) is 5.69 Å². The second-order valence-corrected chi connectivity index (χ2v) is 8.78. The van der Waals surface area contributed by atoms with Gasteiger partial charge >= 0.3 is 0 Å². The number of halogens is 1. The summed E-state index contributed by atoms with van der Waals surface area (Å²) in [7, 11) is -3.95. The highest BCUT2D eigenvalue weighted by molar-refractivity contribution is 7.92. The highest BCUT2D eigenvalue weighted by Gasteiger charge is 2.21. The summed E-state index contributed by atoms with van der Waals surface area (Å²) in [5.41, 5.74) is 0.435. The number of carbonyl (C=O) groups is 2. The fourth-order valence-corrected chi connectivity index (χ4v) is 4.11. The first kappa shape index (κ1) is 23.7. The third-order valence-corrected chi connectivity index (χ3v) is 5.89.